The Bertz CT molecular complexity index is 917. The SMILES string of the molecule is CC1(C)CCc2sc(-c3ccc(N4CCOCC4)cc3CNS)c(C(=O)O)c2C1. The van der Waals surface area contributed by atoms with Gasteiger partial charge in [-0.3, -0.25) is 4.72 Å². The standard InChI is InChI=1S/C22H28N2O3S2/c1-22(2)6-5-18-17(12-22)19(21(25)26)20(29-18)16-4-3-15(11-14(16)13-23-28)24-7-9-27-10-8-24/h3-4,11,23,28H,5-10,12-13H2,1-2H3,(H,25,26). The number of ether oxygens (including phenoxy) is 1. The first kappa shape index (κ1) is 20.7. The number of thiophene rings is 1. The van der Waals surface area contributed by atoms with Gasteiger partial charge in [-0.2, -0.15) is 0 Å². The van der Waals surface area contributed by atoms with Gasteiger partial charge in [0.2, 0.25) is 0 Å². The molecule has 7 heteroatoms. The summed E-state index contributed by atoms with van der Waals surface area (Å²) < 4.78 is 8.42. The summed E-state index contributed by atoms with van der Waals surface area (Å²) in [5.74, 6) is -0.822. The van der Waals surface area contributed by atoms with E-state index < -0.39 is 5.97 Å². The largest absolute Gasteiger partial charge is 0.478 e. The summed E-state index contributed by atoms with van der Waals surface area (Å²) in [6.07, 6.45) is 2.88. The highest BCUT2D eigenvalue weighted by molar-refractivity contribution is 7.78. The van der Waals surface area contributed by atoms with Gasteiger partial charge in [0.15, 0.2) is 0 Å². The van der Waals surface area contributed by atoms with Crippen molar-refractivity contribution in [2.45, 2.75) is 39.7 Å². The third kappa shape index (κ3) is 4.19. The van der Waals surface area contributed by atoms with Crippen LogP contribution in [-0.2, 0) is 24.1 Å². The van der Waals surface area contributed by atoms with Crippen molar-refractivity contribution in [3.63, 3.8) is 0 Å². The molecule has 1 aliphatic heterocycles. The number of carboxylic acid groups (broad SMARTS) is 1. The maximum Gasteiger partial charge on any atom is 0.337 e. The van der Waals surface area contributed by atoms with Gasteiger partial charge in [0.05, 0.1) is 18.8 Å². The molecular weight excluding hydrogens is 404 g/mol. The van der Waals surface area contributed by atoms with Crippen LogP contribution in [0.5, 0.6) is 0 Å². The molecule has 0 bridgehead atoms. The Labute approximate surface area is 181 Å². The summed E-state index contributed by atoms with van der Waals surface area (Å²) in [5.41, 5.74) is 4.90. The number of carboxylic acids is 1. The lowest BCUT2D eigenvalue weighted by molar-refractivity contribution is 0.0696. The number of aryl methyl sites for hydroxylation is 1. The van der Waals surface area contributed by atoms with Crippen molar-refractivity contribution in [2.75, 3.05) is 31.2 Å². The molecule has 1 aromatic heterocycles. The number of carbonyl (C=O) groups is 1. The van der Waals surface area contributed by atoms with Crippen LogP contribution >= 0.6 is 24.2 Å². The van der Waals surface area contributed by atoms with Gasteiger partial charge in [-0.1, -0.05) is 32.7 Å². The Hall–Kier alpha value is -1.54. The molecule has 4 rings (SSSR count). The number of benzene rings is 1. The van der Waals surface area contributed by atoms with E-state index in [2.05, 4.69) is 54.5 Å². The highest BCUT2D eigenvalue weighted by atomic mass is 32.1. The topological polar surface area (TPSA) is 61.8 Å². The normalized spacial score (nSPS) is 18.5. The van der Waals surface area contributed by atoms with E-state index in [-0.39, 0.29) is 5.41 Å². The smallest absolute Gasteiger partial charge is 0.337 e. The van der Waals surface area contributed by atoms with Crippen molar-refractivity contribution in [3.8, 4) is 10.4 Å². The Morgan fingerprint density at radius 2 is 2.10 bits per heavy atom. The molecule has 1 fully saturated rings. The Balaban J connectivity index is 1.79. The predicted molar refractivity (Wildman–Crippen MR) is 121 cm³/mol. The highest BCUT2D eigenvalue weighted by Crippen LogP contribution is 2.46. The van der Waals surface area contributed by atoms with Crippen LogP contribution in [0, 0.1) is 5.41 Å². The van der Waals surface area contributed by atoms with Gasteiger partial charge in [-0.05, 0) is 53.5 Å². The summed E-state index contributed by atoms with van der Waals surface area (Å²) in [6.45, 7) is 8.24. The number of hydrogen-bond acceptors (Lipinski definition) is 6. The van der Waals surface area contributed by atoms with Crippen molar-refractivity contribution in [2.24, 2.45) is 5.41 Å². The molecule has 1 aliphatic carbocycles. The zero-order valence-electron chi connectivity index (χ0n) is 17.0. The Morgan fingerprint density at radius 1 is 1.34 bits per heavy atom. The first-order valence-corrected chi connectivity index (χ1v) is 11.4. The van der Waals surface area contributed by atoms with Gasteiger partial charge in [-0.25, -0.2) is 4.79 Å². The summed E-state index contributed by atoms with van der Waals surface area (Å²) >= 11 is 5.88. The lowest BCUT2D eigenvalue weighted by Gasteiger charge is -2.29. The molecule has 0 spiro atoms. The van der Waals surface area contributed by atoms with E-state index in [1.807, 2.05) is 0 Å². The van der Waals surface area contributed by atoms with Gasteiger partial charge >= 0.3 is 5.97 Å². The van der Waals surface area contributed by atoms with E-state index in [0.717, 1.165) is 72.8 Å². The minimum atomic E-state index is -0.822. The monoisotopic (exact) mass is 432 g/mol. The summed E-state index contributed by atoms with van der Waals surface area (Å²) in [5, 5.41) is 10.1. The van der Waals surface area contributed by atoms with Crippen LogP contribution in [0.3, 0.4) is 0 Å². The van der Waals surface area contributed by atoms with Crippen LogP contribution in [0.1, 0.15) is 46.6 Å². The molecule has 29 heavy (non-hydrogen) atoms. The molecule has 0 amide bonds. The van der Waals surface area contributed by atoms with Crippen molar-refractivity contribution >= 4 is 35.8 Å². The number of anilines is 1. The average Bonchev–Trinajstić information content (AvgIpc) is 3.06. The minimum Gasteiger partial charge on any atom is -0.478 e. The van der Waals surface area contributed by atoms with Gasteiger partial charge in [0.1, 0.15) is 0 Å². The number of aromatic carboxylic acids is 1. The Morgan fingerprint density at radius 3 is 2.79 bits per heavy atom. The highest BCUT2D eigenvalue weighted by Gasteiger charge is 2.33. The first-order chi connectivity index (χ1) is 13.9. The lowest BCUT2D eigenvalue weighted by atomic mass is 9.76. The minimum absolute atomic E-state index is 0.144. The van der Waals surface area contributed by atoms with Crippen LogP contribution in [0.4, 0.5) is 5.69 Å². The van der Waals surface area contributed by atoms with Crippen LogP contribution in [0.15, 0.2) is 18.2 Å². The number of hydrogen-bond donors (Lipinski definition) is 3. The average molecular weight is 433 g/mol. The van der Waals surface area contributed by atoms with Crippen LogP contribution in [0.25, 0.3) is 10.4 Å². The molecule has 2 heterocycles. The van der Waals surface area contributed by atoms with E-state index >= 15 is 0 Å². The fourth-order valence-corrected chi connectivity index (χ4v) is 5.93. The molecular formula is C22H28N2O3S2. The van der Waals surface area contributed by atoms with Crippen LogP contribution in [-0.4, -0.2) is 37.4 Å². The number of rotatable bonds is 5. The molecule has 1 saturated heterocycles. The fraction of sp³-hybridized carbons (Fsp3) is 0.500. The molecule has 2 N–H and O–H groups in total. The summed E-state index contributed by atoms with van der Waals surface area (Å²) in [7, 11) is 0. The number of nitrogens with zero attached hydrogens (tertiary/aromatic N) is 1. The second-order valence-electron chi connectivity index (χ2n) is 8.63. The molecule has 2 aliphatic rings. The third-order valence-electron chi connectivity index (χ3n) is 5.97. The maximum atomic E-state index is 12.3. The second-order valence-corrected chi connectivity index (χ2v) is 10.1. The van der Waals surface area contributed by atoms with Gasteiger partial charge in [-0.15, -0.1) is 11.3 Å². The van der Waals surface area contributed by atoms with E-state index in [1.54, 1.807) is 11.3 Å². The third-order valence-corrected chi connectivity index (χ3v) is 7.45. The van der Waals surface area contributed by atoms with E-state index in [4.69, 9.17) is 4.74 Å². The summed E-state index contributed by atoms with van der Waals surface area (Å²) in [4.78, 5) is 16.7. The molecule has 0 radical (unpaired) electrons. The molecule has 2 aromatic rings. The van der Waals surface area contributed by atoms with E-state index in [0.29, 0.717) is 12.1 Å². The maximum absolute atomic E-state index is 12.3. The van der Waals surface area contributed by atoms with E-state index in [1.165, 1.54) is 4.88 Å². The molecule has 0 atom stereocenters. The van der Waals surface area contributed by atoms with Crippen molar-refractivity contribution < 1.29 is 14.6 Å². The molecule has 1 aromatic carbocycles. The van der Waals surface area contributed by atoms with Crippen molar-refractivity contribution in [3.05, 3.63) is 39.8 Å². The lowest BCUT2D eigenvalue weighted by Crippen LogP contribution is -2.36. The second kappa shape index (κ2) is 8.30. The number of morpholine rings is 1. The molecule has 0 saturated carbocycles. The fourth-order valence-electron chi connectivity index (χ4n) is 4.39. The van der Waals surface area contributed by atoms with Crippen molar-refractivity contribution in [1.82, 2.24) is 4.72 Å². The quantitative estimate of drug-likeness (QED) is 0.612. The van der Waals surface area contributed by atoms with Crippen LogP contribution in [0.2, 0.25) is 0 Å². The summed E-state index contributed by atoms with van der Waals surface area (Å²) in [6, 6.07) is 6.36. The van der Waals surface area contributed by atoms with Gasteiger partial charge in [0, 0.05) is 35.1 Å². The molecule has 5 nitrogen and oxygen atoms in total. The predicted octanol–water partition coefficient (Wildman–Crippen LogP) is 4.40. The van der Waals surface area contributed by atoms with Crippen molar-refractivity contribution in [1.29, 1.82) is 0 Å². The number of fused-ring (bicyclic) bond motifs is 1. The zero-order chi connectivity index (χ0) is 20.6. The Kier molecular flexibility index (Phi) is 5.93. The van der Waals surface area contributed by atoms with Gasteiger partial charge < -0.3 is 14.7 Å². The zero-order valence-corrected chi connectivity index (χ0v) is 18.7. The number of nitrogens with one attached hydrogen (secondary N) is 1. The molecule has 156 valence electrons. The molecule has 0 unspecified atom stereocenters. The van der Waals surface area contributed by atoms with Crippen LogP contribution < -0.4 is 9.62 Å². The van der Waals surface area contributed by atoms with E-state index in [9.17, 15) is 9.90 Å². The first-order valence-electron chi connectivity index (χ1n) is 10.1. The number of thiol groups is 1. The van der Waals surface area contributed by atoms with Gasteiger partial charge in [0.25, 0.3) is 0 Å².